The Balaban J connectivity index is 2.34. The van der Waals surface area contributed by atoms with Gasteiger partial charge < -0.3 is 5.32 Å². The molecule has 0 heterocycles. The second-order valence-corrected chi connectivity index (χ2v) is 5.01. The molecule has 0 bridgehead atoms. The Morgan fingerprint density at radius 2 is 2.20 bits per heavy atom. The monoisotopic (exact) mass is 253 g/mol. The van der Waals surface area contributed by atoms with Crippen molar-refractivity contribution in [1.29, 1.82) is 0 Å². The van der Waals surface area contributed by atoms with Crippen molar-refractivity contribution in [1.82, 2.24) is 5.32 Å². The summed E-state index contributed by atoms with van der Waals surface area (Å²) in [5, 5.41) is 2.94. The quantitative estimate of drug-likeness (QED) is 0.556. The number of carbonyl (C=O) groups excluding carboxylic acids is 1. The maximum atomic E-state index is 10.6. The SMILES string of the molecule is CC(=O)NC1(C)CC(I)C1. The van der Waals surface area contributed by atoms with E-state index >= 15 is 0 Å². The van der Waals surface area contributed by atoms with Crippen molar-refractivity contribution >= 4 is 28.5 Å². The van der Waals surface area contributed by atoms with E-state index in [-0.39, 0.29) is 11.4 Å². The lowest BCUT2D eigenvalue weighted by molar-refractivity contribution is -0.121. The highest BCUT2D eigenvalue weighted by Crippen LogP contribution is 2.37. The van der Waals surface area contributed by atoms with E-state index in [1.807, 2.05) is 0 Å². The van der Waals surface area contributed by atoms with Gasteiger partial charge in [0.05, 0.1) is 0 Å². The van der Waals surface area contributed by atoms with Crippen molar-refractivity contribution in [2.45, 2.75) is 36.2 Å². The summed E-state index contributed by atoms with van der Waals surface area (Å²) in [6.07, 6.45) is 2.24. The molecule has 0 spiro atoms. The van der Waals surface area contributed by atoms with Crippen molar-refractivity contribution in [3.8, 4) is 0 Å². The topological polar surface area (TPSA) is 29.1 Å². The van der Waals surface area contributed by atoms with Crippen LogP contribution < -0.4 is 5.32 Å². The average Bonchev–Trinajstić information content (AvgIpc) is 1.57. The third-order valence-electron chi connectivity index (χ3n) is 1.82. The fraction of sp³-hybridized carbons (Fsp3) is 0.857. The van der Waals surface area contributed by atoms with Gasteiger partial charge in [0, 0.05) is 16.4 Å². The van der Waals surface area contributed by atoms with Crippen LogP contribution in [0.3, 0.4) is 0 Å². The molecule has 1 fully saturated rings. The van der Waals surface area contributed by atoms with Gasteiger partial charge in [-0.05, 0) is 19.8 Å². The molecule has 0 aromatic rings. The van der Waals surface area contributed by atoms with Crippen LogP contribution in [0.25, 0.3) is 0 Å². The van der Waals surface area contributed by atoms with Gasteiger partial charge in [0.15, 0.2) is 0 Å². The molecule has 0 aromatic heterocycles. The highest BCUT2D eigenvalue weighted by Gasteiger charge is 2.39. The number of hydrogen-bond donors (Lipinski definition) is 1. The van der Waals surface area contributed by atoms with Gasteiger partial charge in [0.2, 0.25) is 5.91 Å². The van der Waals surface area contributed by atoms with Gasteiger partial charge in [-0.25, -0.2) is 0 Å². The summed E-state index contributed by atoms with van der Waals surface area (Å²) in [5.74, 6) is 0.0887. The van der Waals surface area contributed by atoms with Gasteiger partial charge in [-0.2, -0.15) is 0 Å². The van der Waals surface area contributed by atoms with Gasteiger partial charge in [-0.15, -0.1) is 0 Å². The molecule has 1 aliphatic carbocycles. The summed E-state index contributed by atoms with van der Waals surface area (Å²) in [4.78, 5) is 10.6. The predicted molar refractivity (Wildman–Crippen MR) is 49.3 cm³/mol. The second kappa shape index (κ2) is 2.68. The Kier molecular flexibility index (Phi) is 2.22. The Labute approximate surface area is 74.9 Å². The molecule has 0 unspecified atom stereocenters. The molecule has 0 aliphatic heterocycles. The van der Waals surface area contributed by atoms with Crippen LogP contribution in [-0.4, -0.2) is 15.4 Å². The summed E-state index contributed by atoms with van der Waals surface area (Å²) in [7, 11) is 0. The minimum atomic E-state index is 0.0887. The van der Waals surface area contributed by atoms with Crippen molar-refractivity contribution in [2.75, 3.05) is 0 Å². The zero-order valence-corrected chi connectivity index (χ0v) is 8.44. The zero-order chi connectivity index (χ0) is 7.78. The Morgan fingerprint density at radius 1 is 1.70 bits per heavy atom. The highest BCUT2D eigenvalue weighted by molar-refractivity contribution is 14.1. The van der Waals surface area contributed by atoms with Crippen LogP contribution in [0.5, 0.6) is 0 Å². The smallest absolute Gasteiger partial charge is 0.217 e. The minimum absolute atomic E-state index is 0.0887. The van der Waals surface area contributed by atoms with E-state index < -0.39 is 0 Å². The lowest BCUT2D eigenvalue weighted by Crippen LogP contribution is -2.54. The first-order valence-electron chi connectivity index (χ1n) is 3.45. The molecule has 2 nitrogen and oxygen atoms in total. The van der Waals surface area contributed by atoms with Crippen LogP contribution in [0, 0.1) is 0 Å². The number of alkyl halides is 1. The molecular formula is C7H12INO. The van der Waals surface area contributed by atoms with Crippen molar-refractivity contribution in [2.24, 2.45) is 0 Å². The third-order valence-corrected chi connectivity index (χ3v) is 2.70. The molecule has 58 valence electrons. The highest BCUT2D eigenvalue weighted by atomic mass is 127. The largest absolute Gasteiger partial charge is 0.351 e. The molecule has 0 saturated heterocycles. The standard InChI is InChI=1S/C7H12INO/c1-5(10)9-7(2)3-6(8)4-7/h6H,3-4H2,1-2H3,(H,9,10). The van der Waals surface area contributed by atoms with Crippen LogP contribution in [0.1, 0.15) is 26.7 Å². The van der Waals surface area contributed by atoms with Gasteiger partial charge >= 0.3 is 0 Å². The van der Waals surface area contributed by atoms with Crippen LogP contribution in [0.4, 0.5) is 0 Å². The Bertz CT molecular complexity index is 152. The normalized spacial score (nSPS) is 38.5. The van der Waals surface area contributed by atoms with E-state index in [0.717, 1.165) is 16.8 Å². The van der Waals surface area contributed by atoms with Crippen LogP contribution >= 0.6 is 22.6 Å². The molecular weight excluding hydrogens is 241 g/mol. The number of halogens is 1. The molecule has 1 saturated carbocycles. The lowest BCUT2D eigenvalue weighted by Gasteiger charge is -2.43. The summed E-state index contributed by atoms with van der Waals surface area (Å²) in [6, 6.07) is 0. The van der Waals surface area contributed by atoms with E-state index in [9.17, 15) is 4.79 Å². The maximum Gasteiger partial charge on any atom is 0.217 e. The van der Waals surface area contributed by atoms with E-state index in [1.54, 1.807) is 6.92 Å². The van der Waals surface area contributed by atoms with Gasteiger partial charge in [0.1, 0.15) is 0 Å². The third kappa shape index (κ3) is 1.84. The zero-order valence-electron chi connectivity index (χ0n) is 6.28. The van der Waals surface area contributed by atoms with Crippen molar-refractivity contribution in [3.05, 3.63) is 0 Å². The van der Waals surface area contributed by atoms with E-state index in [0.29, 0.717) is 0 Å². The van der Waals surface area contributed by atoms with Crippen LogP contribution in [-0.2, 0) is 4.79 Å². The number of hydrogen-bond acceptors (Lipinski definition) is 1. The molecule has 0 radical (unpaired) electrons. The molecule has 1 aliphatic rings. The van der Waals surface area contributed by atoms with Crippen molar-refractivity contribution in [3.63, 3.8) is 0 Å². The van der Waals surface area contributed by atoms with Gasteiger partial charge in [-0.3, -0.25) is 4.79 Å². The van der Waals surface area contributed by atoms with E-state index in [2.05, 4.69) is 34.8 Å². The number of rotatable bonds is 1. The molecule has 0 aromatic carbocycles. The fourth-order valence-electron chi connectivity index (χ4n) is 1.44. The number of nitrogens with one attached hydrogen (secondary N) is 1. The maximum absolute atomic E-state index is 10.6. The first-order valence-corrected chi connectivity index (χ1v) is 4.69. The molecule has 0 atom stereocenters. The van der Waals surface area contributed by atoms with Gasteiger partial charge in [0.25, 0.3) is 0 Å². The van der Waals surface area contributed by atoms with Crippen molar-refractivity contribution < 1.29 is 4.79 Å². The molecule has 1 rings (SSSR count). The minimum Gasteiger partial charge on any atom is -0.351 e. The Hall–Kier alpha value is 0.200. The first kappa shape index (κ1) is 8.30. The fourth-order valence-corrected chi connectivity index (χ4v) is 3.39. The number of carbonyl (C=O) groups is 1. The first-order chi connectivity index (χ1) is 4.52. The summed E-state index contributed by atoms with van der Waals surface area (Å²) in [5.41, 5.74) is 0.109. The predicted octanol–water partition coefficient (Wildman–Crippen LogP) is 1.48. The summed E-state index contributed by atoms with van der Waals surface area (Å²) in [6.45, 7) is 3.68. The Morgan fingerprint density at radius 3 is 2.50 bits per heavy atom. The molecule has 1 N–H and O–H groups in total. The van der Waals surface area contributed by atoms with Gasteiger partial charge in [-0.1, -0.05) is 22.6 Å². The second-order valence-electron chi connectivity index (χ2n) is 3.25. The van der Waals surface area contributed by atoms with E-state index in [4.69, 9.17) is 0 Å². The number of amides is 1. The average molecular weight is 253 g/mol. The van der Waals surface area contributed by atoms with Crippen LogP contribution in [0.2, 0.25) is 0 Å². The molecule has 3 heteroatoms. The molecule has 1 amide bonds. The molecule has 10 heavy (non-hydrogen) atoms. The summed E-state index contributed by atoms with van der Waals surface area (Å²) >= 11 is 2.41. The van der Waals surface area contributed by atoms with E-state index in [1.165, 1.54) is 0 Å². The van der Waals surface area contributed by atoms with Crippen LogP contribution in [0.15, 0.2) is 0 Å². The summed E-state index contributed by atoms with van der Waals surface area (Å²) < 4.78 is 0.759. The lowest BCUT2D eigenvalue weighted by atomic mass is 9.78.